The molecule has 0 bridgehead atoms. The van der Waals surface area contributed by atoms with Crippen LogP contribution in [0.1, 0.15) is 24.2 Å². The molecule has 2 unspecified atom stereocenters. The van der Waals surface area contributed by atoms with Gasteiger partial charge in [0.05, 0.1) is 60.7 Å². The quantitative estimate of drug-likeness (QED) is 0.0408. The molecule has 1 amide bonds. The number of aliphatic hydroxyl groups is 1. The monoisotopic (exact) mass is 709 g/mol. The maximum Gasteiger partial charge on any atom is 0.237 e. The zero-order chi connectivity index (χ0) is 34.9. The van der Waals surface area contributed by atoms with Gasteiger partial charge in [-0.3, -0.25) is 20.1 Å². The third kappa shape index (κ3) is 8.33. The van der Waals surface area contributed by atoms with Crippen LogP contribution in [0.4, 0.5) is 0 Å². The Bertz CT molecular complexity index is 1830. The summed E-state index contributed by atoms with van der Waals surface area (Å²) in [5.41, 5.74) is 12.6. The van der Waals surface area contributed by atoms with Crippen LogP contribution in [-0.4, -0.2) is 76.2 Å². The van der Waals surface area contributed by atoms with Crippen molar-refractivity contribution in [3.8, 4) is 45.4 Å². The number of hydrazine groups is 1. The van der Waals surface area contributed by atoms with E-state index in [4.69, 9.17) is 49.2 Å². The van der Waals surface area contributed by atoms with Crippen LogP contribution >= 0.6 is 23.2 Å². The molecule has 15 nitrogen and oxygen atoms in total. The predicted molar refractivity (Wildman–Crippen MR) is 187 cm³/mol. The van der Waals surface area contributed by atoms with Crippen LogP contribution in [0.25, 0.3) is 33.6 Å². The molecule has 1 fully saturated rings. The number of methoxy groups -OCH3 is 2. The van der Waals surface area contributed by atoms with Gasteiger partial charge in [0.2, 0.25) is 17.7 Å². The molecule has 2 atom stereocenters. The fourth-order valence-electron chi connectivity index (χ4n) is 5.33. The van der Waals surface area contributed by atoms with E-state index in [0.717, 1.165) is 6.42 Å². The molecule has 3 heterocycles. The first-order valence-electron chi connectivity index (χ1n) is 15.3. The molecule has 1 aliphatic heterocycles. The van der Waals surface area contributed by atoms with Gasteiger partial charge in [-0.15, -0.1) is 0 Å². The van der Waals surface area contributed by atoms with E-state index in [1.807, 2.05) is 36.4 Å². The molecule has 4 aromatic rings. The number of nitrogens with two attached hydrogens (primary N) is 2. The SMILES string of the molecule is COc1nc(-c2cccc(-c3cccc(-c4cnc(CNC(CO)/C(N)=N/NN)c(OC)n4)c3Cl)c2Cl)cnc1CNCC1CCC(=O)N1. The summed E-state index contributed by atoms with van der Waals surface area (Å²) < 4.78 is 11.1. The molecular formula is C32H37Cl2N11O4. The number of ether oxygens (including phenoxy) is 2. The largest absolute Gasteiger partial charge is 0.480 e. The number of hydrogen-bond donors (Lipinski definition) is 7. The molecule has 1 aliphatic rings. The third-order valence-corrected chi connectivity index (χ3v) is 8.68. The van der Waals surface area contributed by atoms with Crippen LogP contribution in [0.15, 0.2) is 53.9 Å². The van der Waals surface area contributed by atoms with Crippen LogP contribution in [0, 0.1) is 0 Å². The number of hydrazone groups is 1. The first kappa shape index (κ1) is 35.7. The second-order valence-electron chi connectivity index (χ2n) is 11.0. The van der Waals surface area contributed by atoms with Gasteiger partial charge >= 0.3 is 0 Å². The van der Waals surface area contributed by atoms with Gasteiger partial charge in [0, 0.05) is 54.4 Å². The number of nitrogens with one attached hydrogen (secondary N) is 4. The minimum Gasteiger partial charge on any atom is -0.480 e. The number of carbonyl (C=O) groups is 1. The lowest BCUT2D eigenvalue weighted by atomic mass is 9.98. The van der Waals surface area contributed by atoms with Gasteiger partial charge in [0.15, 0.2) is 0 Å². The number of hydrogen-bond acceptors (Lipinski definition) is 13. The molecule has 0 radical (unpaired) electrons. The number of nitrogens with zero attached hydrogens (tertiary/aromatic N) is 5. The van der Waals surface area contributed by atoms with Gasteiger partial charge in [-0.25, -0.2) is 21.3 Å². The van der Waals surface area contributed by atoms with Gasteiger partial charge in [0.25, 0.3) is 0 Å². The zero-order valence-electron chi connectivity index (χ0n) is 26.8. The van der Waals surface area contributed by atoms with Gasteiger partial charge in [0.1, 0.15) is 17.2 Å². The molecule has 258 valence electrons. The zero-order valence-corrected chi connectivity index (χ0v) is 28.3. The third-order valence-electron chi connectivity index (χ3n) is 7.87. The van der Waals surface area contributed by atoms with Crippen LogP contribution in [0.2, 0.25) is 10.0 Å². The lowest BCUT2D eigenvalue weighted by molar-refractivity contribution is -0.119. The Hall–Kier alpha value is -4.64. The summed E-state index contributed by atoms with van der Waals surface area (Å²) in [6.07, 6.45) is 4.58. The lowest BCUT2D eigenvalue weighted by Gasteiger charge is -2.17. The lowest BCUT2D eigenvalue weighted by Crippen LogP contribution is -2.45. The summed E-state index contributed by atoms with van der Waals surface area (Å²) in [5.74, 6) is 5.95. The topological polar surface area (TPSA) is 220 Å². The second kappa shape index (κ2) is 16.6. The Morgan fingerprint density at radius 3 is 2.02 bits per heavy atom. The van der Waals surface area contributed by atoms with E-state index in [9.17, 15) is 9.90 Å². The highest BCUT2D eigenvalue weighted by Crippen LogP contribution is 2.42. The van der Waals surface area contributed by atoms with Crippen molar-refractivity contribution in [1.82, 2.24) is 41.4 Å². The number of amides is 1. The molecule has 2 aromatic heterocycles. The predicted octanol–water partition coefficient (Wildman–Crippen LogP) is 2.15. The summed E-state index contributed by atoms with van der Waals surface area (Å²) in [6, 6.07) is 10.6. The van der Waals surface area contributed by atoms with E-state index >= 15 is 0 Å². The van der Waals surface area contributed by atoms with E-state index < -0.39 is 6.04 Å². The molecule has 2 aromatic carbocycles. The van der Waals surface area contributed by atoms with Crippen molar-refractivity contribution in [2.75, 3.05) is 27.4 Å². The van der Waals surface area contributed by atoms with Crippen LogP contribution in [0.5, 0.6) is 11.8 Å². The van der Waals surface area contributed by atoms with E-state index in [-0.39, 0.29) is 36.8 Å². The number of aliphatic hydroxyl groups excluding tert-OH is 1. The standard InChI is InChI=1S/C32H37Cl2N11O4/c1-48-31-24(12-37-11-17-9-10-27(47)41-17)38-13-22(42-31)20-7-3-5-18(28(20)33)19-6-4-8-21(29(19)34)23-14-39-25(32(43-23)49-2)15-40-26(16-46)30(35)44-45-36/h3-8,13-14,17,26,37,40,45-46H,9-12,15-16,36H2,1-2H3,(H2,35,44)(H,41,47). The van der Waals surface area contributed by atoms with Crippen LogP contribution in [-0.2, 0) is 17.9 Å². The minimum absolute atomic E-state index is 0.0708. The van der Waals surface area contributed by atoms with Gasteiger partial charge < -0.3 is 30.9 Å². The van der Waals surface area contributed by atoms with Gasteiger partial charge in [-0.2, -0.15) is 5.10 Å². The van der Waals surface area contributed by atoms with Crippen molar-refractivity contribution in [3.05, 3.63) is 70.2 Å². The molecule has 5 rings (SSSR count). The van der Waals surface area contributed by atoms with Crippen molar-refractivity contribution in [2.24, 2.45) is 16.7 Å². The Labute approximate surface area is 292 Å². The second-order valence-corrected chi connectivity index (χ2v) is 11.7. The van der Waals surface area contributed by atoms with Crippen LogP contribution in [0.3, 0.4) is 0 Å². The summed E-state index contributed by atoms with van der Waals surface area (Å²) >= 11 is 14.0. The van der Waals surface area contributed by atoms with E-state index in [1.54, 1.807) is 12.4 Å². The summed E-state index contributed by atoms with van der Waals surface area (Å²) in [6.45, 7) is 0.895. The molecule has 0 saturated carbocycles. The summed E-state index contributed by atoms with van der Waals surface area (Å²) in [4.78, 5) is 30.0. The molecule has 0 spiro atoms. The maximum atomic E-state index is 11.5. The van der Waals surface area contributed by atoms with E-state index in [2.05, 4.69) is 41.5 Å². The first-order valence-corrected chi connectivity index (χ1v) is 16.0. The highest BCUT2D eigenvalue weighted by atomic mass is 35.5. The van der Waals surface area contributed by atoms with Crippen molar-refractivity contribution in [2.45, 2.75) is 38.0 Å². The maximum absolute atomic E-state index is 11.5. The first-order chi connectivity index (χ1) is 23.8. The van der Waals surface area contributed by atoms with E-state index in [0.29, 0.717) is 80.5 Å². The summed E-state index contributed by atoms with van der Waals surface area (Å²) in [7, 11) is 3.02. The highest BCUT2D eigenvalue weighted by Gasteiger charge is 2.22. The summed E-state index contributed by atoms with van der Waals surface area (Å²) in [5, 5.41) is 23.5. The van der Waals surface area contributed by atoms with Crippen molar-refractivity contribution < 1.29 is 19.4 Å². The average Bonchev–Trinajstić information content (AvgIpc) is 3.53. The Morgan fingerprint density at radius 1 is 0.980 bits per heavy atom. The average molecular weight is 711 g/mol. The van der Waals surface area contributed by atoms with Crippen molar-refractivity contribution in [1.29, 1.82) is 0 Å². The molecule has 1 saturated heterocycles. The molecule has 9 N–H and O–H groups in total. The number of amidine groups is 1. The van der Waals surface area contributed by atoms with Gasteiger partial charge in [-0.05, 0) is 6.42 Å². The number of rotatable bonds is 15. The molecule has 17 heteroatoms. The van der Waals surface area contributed by atoms with Crippen molar-refractivity contribution >= 4 is 34.9 Å². The fourth-order valence-corrected chi connectivity index (χ4v) is 5.98. The Morgan fingerprint density at radius 2 is 1.53 bits per heavy atom. The Balaban J connectivity index is 1.38. The molecular weight excluding hydrogens is 673 g/mol. The normalized spacial score (nSPS) is 15.2. The molecule has 0 aliphatic carbocycles. The highest BCUT2D eigenvalue weighted by molar-refractivity contribution is 6.39. The van der Waals surface area contributed by atoms with Gasteiger partial charge in [-0.1, -0.05) is 59.6 Å². The number of halogens is 2. The molecule has 49 heavy (non-hydrogen) atoms. The minimum atomic E-state index is -0.672. The number of aromatic nitrogens is 4. The van der Waals surface area contributed by atoms with Crippen molar-refractivity contribution in [3.63, 3.8) is 0 Å². The van der Waals surface area contributed by atoms with E-state index in [1.165, 1.54) is 14.2 Å². The number of benzene rings is 2. The smallest absolute Gasteiger partial charge is 0.237 e. The number of carbonyl (C=O) groups excluding carboxylic acids is 1. The fraction of sp³-hybridized carbons (Fsp3) is 0.312. The Kier molecular flexibility index (Phi) is 12.1. The van der Waals surface area contributed by atoms with Crippen LogP contribution < -0.4 is 42.5 Å².